The van der Waals surface area contributed by atoms with Crippen LogP contribution in [0.2, 0.25) is 0 Å². The molecule has 4 N–H and O–H groups in total. The summed E-state index contributed by atoms with van der Waals surface area (Å²) in [7, 11) is 7.80. The van der Waals surface area contributed by atoms with Gasteiger partial charge in [-0.15, -0.1) is 0 Å². The number of esters is 1. The molecule has 6 fully saturated rings. The lowest BCUT2D eigenvalue weighted by Crippen LogP contribution is -2.81. The van der Waals surface area contributed by atoms with Gasteiger partial charge in [0.05, 0.1) is 37.6 Å². The Morgan fingerprint density at radius 2 is 1.69 bits per heavy atom. The summed E-state index contributed by atoms with van der Waals surface area (Å²) in [6.07, 6.45) is -5.43. The Morgan fingerprint density at radius 1 is 0.978 bits per heavy atom. The van der Waals surface area contributed by atoms with Gasteiger partial charge in [0.2, 0.25) is 0 Å². The van der Waals surface area contributed by atoms with Crippen LogP contribution in [-0.2, 0) is 23.7 Å². The van der Waals surface area contributed by atoms with Crippen LogP contribution in [0.1, 0.15) is 30.1 Å². The van der Waals surface area contributed by atoms with Crippen LogP contribution in [0.5, 0.6) is 5.75 Å². The van der Waals surface area contributed by atoms with E-state index < -0.39 is 82.4 Å². The van der Waals surface area contributed by atoms with Crippen LogP contribution in [-0.4, -0.2) is 140 Å². The summed E-state index contributed by atoms with van der Waals surface area (Å²) in [5, 5.41) is 49.9. The van der Waals surface area contributed by atoms with Crippen molar-refractivity contribution in [1.82, 2.24) is 4.90 Å². The fourth-order valence-corrected chi connectivity index (χ4v) is 12.1. The van der Waals surface area contributed by atoms with Crippen molar-refractivity contribution < 1.29 is 53.6 Å². The van der Waals surface area contributed by atoms with Crippen molar-refractivity contribution >= 4 is 5.97 Å². The Hall–Kier alpha value is -1.87. The van der Waals surface area contributed by atoms with Crippen LogP contribution in [0.3, 0.4) is 0 Å². The molecule has 1 spiro atoms. The number of piperidine rings is 1. The molecule has 15 atom stereocenters. The molecular weight excluding hydrogens is 586 g/mol. The molecule has 6 aliphatic rings. The van der Waals surface area contributed by atoms with Gasteiger partial charge in [-0.25, -0.2) is 4.79 Å². The zero-order chi connectivity index (χ0) is 32.3. The highest BCUT2D eigenvalue weighted by molar-refractivity contribution is 5.89. The predicted molar refractivity (Wildman–Crippen MR) is 157 cm³/mol. The van der Waals surface area contributed by atoms with E-state index in [0.717, 1.165) is 0 Å². The number of rotatable bonds is 9. The summed E-state index contributed by atoms with van der Waals surface area (Å²) in [4.78, 5) is 16.0. The van der Waals surface area contributed by atoms with Gasteiger partial charge in [0, 0.05) is 76.0 Å². The van der Waals surface area contributed by atoms with Crippen LogP contribution in [0.25, 0.3) is 0 Å². The molecule has 0 aromatic heterocycles. The summed E-state index contributed by atoms with van der Waals surface area (Å²) in [6, 6.07) is 6.16. The molecule has 7 rings (SSSR count). The quantitative estimate of drug-likeness (QED) is 0.272. The molecule has 3 unspecified atom stereocenters. The predicted octanol–water partition coefficient (Wildman–Crippen LogP) is 0.0859. The first-order chi connectivity index (χ1) is 21.5. The first kappa shape index (κ1) is 31.7. The van der Waals surface area contributed by atoms with Crippen molar-refractivity contribution in [2.24, 2.45) is 34.5 Å². The fraction of sp³-hybridized carbons (Fsp3) is 0.788. The second kappa shape index (κ2) is 10.6. The van der Waals surface area contributed by atoms with E-state index in [0.29, 0.717) is 25.3 Å². The smallest absolute Gasteiger partial charge is 0.338 e. The normalized spacial score (nSPS) is 50.8. The number of aliphatic hydroxyl groups is 4. The van der Waals surface area contributed by atoms with Crippen LogP contribution in [0.4, 0.5) is 0 Å². The molecule has 1 heterocycles. The number of benzene rings is 1. The molecule has 1 aromatic rings. The van der Waals surface area contributed by atoms with Gasteiger partial charge in [-0.3, -0.25) is 4.90 Å². The molecular formula is C33H47NO11. The number of fused-ring (bicyclic) bond motifs is 2. The van der Waals surface area contributed by atoms with E-state index in [2.05, 4.69) is 4.90 Å². The molecule has 1 saturated heterocycles. The number of hydrogen-bond acceptors (Lipinski definition) is 12. The van der Waals surface area contributed by atoms with Crippen molar-refractivity contribution in [2.75, 3.05) is 55.2 Å². The number of nitrogens with zero attached hydrogens (tertiary/aromatic N) is 1. The summed E-state index contributed by atoms with van der Waals surface area (Å²) < 4.78 is 35.8. The summed E-state index contributed by atoms with van der Waals surface area (Å²) in [5.74, 6) is -2.50. The molecule has 45 heavy (non-hydrogen) atoms. The van der Waals surface area contributed by atoms with Crippen molar-refractivity contribution in [2.45, 2.75) is 73.6 Å². The number of hydrogen-bond donors (Lipinski definition) is 4. The topological polar surface area (TPSA) is 157 Å². The van der Waals surface area contributed by atoms with Crippen LogP contribution < -0.4 is 4.74 Å². The third-order valence-corrected chi connectivity index (χ3v) is 13.2. The first-order valence-electron chi connectivity index (χ1n) is 16.0. The molecule has 250 valence electrons. The number of carbonyl (C=O) groups is 1. The summed E-state index contributed by atoms with van der Waals surface area (Å²) >= 11 is 0. The molecule has 5 saturated carbocycles. The highest BCUT2D eigenvalue weighted by Gasteiger charge is 2.91. The number of aliphatic hydroxyl groups excluding tert-OH is 2. The van der Waals surface area contributed by atoms with E-state index in [9.17, 15) is 25.2 Å². The van der Waals surface area contributed by atoms with Gasteiger partial charge >= 0.3 is 5.97 Å². The average molecular weight is 634 g/mol. The highest BCUT2D eigenvalue weighted by atomic mass is 16.6. The zero-order valence-electron chi connectivity index (χ0n) is 26.8. The third-order valence-electron chi connectivity index (χ3n) is 13.2. The second-order valence-electron chi connectivity index (χ2n) is 14.2. The number of likely N-dealkylation sites (tertiary alicyclic amines) is 1. The van der Waals surface area contributed by atoms with Crippen molar-refractivity contribution in [3.63, 3.8) is 0 Å². The van der Waals surface area contributed by atoms with Gasteiger partial charge in [-0.1, -0.05) is 6.92 Å². The van der Waals surface area contributed by atoms with Gasteiger partial charge in [-0.05, 0) is 43.1 Å². The van der Waals surface area contributed by atoms with Gasteiger partial charge < -0.3 is 48.8 Å². The van der Waals surface area contributed by atoms with Crippen LogP contribution >= 0.6 is 0 Å². The average Bonchev–Trinajstić information content (AvgIpc) is 3.42. The zero-order valence-corrected chi connectivity index (χ0v) is 26.8. The van der Waals surface area contributed by atoms with Gasteiger partial charge in [0.15, 0.2) is 0 Å². The standard InChI is InChI=1S/C33H47NO11/c1-7-34-14-30(15-40-2)19(35)12-20(42-4)32-18-13-31(38)27(45-29(37)16-8-10-17(41-3)11-9-16)21(18)33(39,26(36)28(31)44-6)22(25(32)34)23(43-5)24(30)32/h8-11,18-28,35-36,38-39H,7,12-15H2,1-6H3/t18-,19-,20+,21-,22?,23+,24-,25?,26+,27-,28+,30+,31-,32?,33-/m1/s1. The minimum Gasteiger partial charge on any atom is -0.497 e. The first-order valence-corrected chi connectivity index (χ1v) is 16.0. The van der Waals surface area contributed by atoms with Gasteiger partial charge in [0.25, 0.3) is 0 Å². The maximum atomic E-state index is 13.7. The van der Waals surface area contributed by atoms with E-state index in [1.807, 2.05) is 6.92 Å². The minimum absolute atomic E-state index is 0.0861. The van der Waals surface area contributed by atoms with E-state index in [4.69, 9.17) is 28.4 Å². The Morgan fingerprint density at radius 3 is 2.27 bits per heavy atom. The lowest BCUT2D eigenvalue weighted by molar-refractivity contribution is -0.320. The minimum atomic E-state index is -1.88. The maximum absolute atomic E-state index is 13.7. The Kier molecular flexibility index (Phi) is 7.45. The largest absolute Gasteiger partial charge is 0.497 e. The highest BCUT2D eigenvalue weighted by Crippen LogP contribution is 2.80. The number of ether oxygens (including phenoxy) is 6. The van der Waals surface area contributed by atoms with E-state index in [1.54, 1.807) is 45.6 Å². The fourth-order valence-electron chi connectivity index (χ4n) is 12.1. The monoisotopic (exact) mass is 633 g/mol. The van der Waals surface area contributed by atoms with Crippen LogP contribution in [0, 0.1) is 34.5 Å². The second-order valence-corrected chi connectivity index (χ2v) is 14.2. The van der Waals surface area contributed by atoms with E-state index in [1.165, 1.54) is 14.2 Å². The molecule has 0 amide bonds. The Labute approximate surface area is 263 Å². The molecule has 0 radical (unpaired) electrons. The lowest BCUT2D eigenvalue weighted by Gasteiger charge is -2.70. The molecule has 7 bridgehead atoms. The van der Waals surface area contributed by atoms with Crippen LogP contribution in [0.15, 0.2) is 24.3 Å². The Bertz CT molecular complexity index is 1310. The van der Waals surface area contributed by atoms with Crippen molar-refractivity contribution in [3.8, 4) is 5.75 Å². The number of methoxy groups -OCH3 is 5. The lowest BCUT2D eigenvalue weighted by atomic mass is 9.42. The van der Waals surface area contributed by atoms with Gasteiger partial charge in [-0.2, -0.15) is 0 Å². The molecule has 1 aromatic carbocycles. The summed E-state index contributed by atoms with van der Waals surface area (Å²) in [5.41, 5.74) is -4.96. The summed E-state index contributed by atoms with van der Waals surface area (Å²) in [6.45, 7) is 3.43. The van der Waals surface area contributed by atoms with E-state index >= 15 is 0 Å². The van der Waals surface area contributed by atoms with Crippen molar-refractivity contribution in [3.05, 3.63) is 29.8 Å². The van der Waals surface area contributed by atoms with Crippen molar-refractivity contribution in [1.29, 1.82) is 0 Å². The molecule has 5 aliphatic carbocycles. The molecule has 12 nitrogen and oxygen atoms in total. The third kappa shape index (κ3) is 3.56. The van der Waals surface area contributed by atoms with E-state index in [-0.39, 0.29) is 30.6 Å². The maximum Gasteiger partial charge on any atom is 0.338 e. The number of carbonyl (C=O) groups excluding carboxylic acids is 1. The molecule has 12 heteroatoms. The van der Waals surface area contributed by atoms with Gasteiger partial charge in [0.1, 0.15) is 35.3 Å². The SMILES string of the molecule is CCN1C[C@]2(COC)[C@H](O)C[C@H](OC)C34C1C([C@H](OC)[C@@H]32)[C@]1(O)[C@@H]2[C@H]4C[C@@](O)([C@@H]2OC(=O)c2ccc(OC)cc2)[C@@H](OC)[C@@H]1O. The molecule has 1 aliphatic heterocycles. The Balaban J connectivity index is 1.45.